The number of hydrogen-bond acceptors (Lipinski definition) is 8. The maximum absolute atomic E-state index is 12.8. The summed E-state index contributed by atoms with van der Waals surface area (Å²) in [6.07, 6.45) is 12.5. The zero-order chi connectivity index (χ0) is 33.1. The van der Waals surface area contributed by atoms with Crippen LogP contribution in [0.15, 0.2) is 73.8 Å². The largest absolute Gasteiger partial charge is 0.463 e. The molecule has 0 radical (unpaired) electrons. The Morgan fingerprint density at radius 2 is 1.13 bits per heavy atom. The van der Waals surface area contributed by atoms with Gasteiger partial charge in [0.1, 0.15) is 17.6 Å². The van der Waals surface area contributed by atoms with Crippen molar-refractivity contribution in [1.29, 1.82) is 0 Å². The predicted molar refractivity (Wildman–Crippen MR) is 176 cm³/mol. The van der Waals surface area contributed by atoms with Crippen LogP contribution in [0.1, 0.15) is 88.2 Å². The van der Waals surface area contributed by atoms with Gasteiger partial charge in [0, 0.05) is 6.08 Å². The molecule has 46 heavy (non-hydrogen) atoms. The summed E-state index contributed by atoms with van der Waals surface area (Å²) in [5.41, 5.74) is 2.31. The molecule has 0 amide bonds. The summed E-state index contributed by atoms with van der Waals surface area (Å²) in [5, 5.41) is 9.69. The number of esters is 3. The second-order valence-electron chi connectivity index (χ2n) is 11.9. The Labute approximate surface area is 272 Å². The molecule has 1 N–H and O–H groups in total. The highest BCUT2D eigenvalue weighted by molar-refractivity contribution is 5.92. The number of ether oxygens (including phenoxy) is 3. The Hall–Kier alpha value is -4.04. The molecular formula is C38H48O8. The summed E-state index contributed by atoms with van der Waals surface area (Å²) < 4.78 is 16.3. The van der Waals surface area contributed by atoms with Crippen molar-refractivity contribution in [2.24, 2.45) is 11.8 Å². The number of hydrogen-bond donors (Lipinski definition) is 1. The van der Waals surface area contributed by atoms with Gasteiger partial charge < -0.3 is 19.3 Å². The predicted octanol–water partition coefficient (Wildman–Crippen LogP) is 7.06. The van der Waals surface area contributed by atoms with E-state index in [1.807, 2.05) is 36.4 Å². The van der Waals surface area contributed by atoms with Crippen molar-refractivity contribution in [3.05, 3.63) is 85.0 Å². The van der Waals surface area contributed by atoms with Crippen LogP contribution in [-0.4, -0.2) is 41.5 Å². The third-order valence-corrected chi connectivity index (χ3v) is 8.42. The van der Waals surface area contributed by atoms with Gasteiger partial charge in [0.15, 0.2) is 5.78 Å². The molecule has 0 saturated heterocycles. The maximum atomic E-state index is 12.8. The van der Waals surface area contributed by atoms with Crippen molar-refractivity contribution in [3.8, 4) is 11.5 Å². The highest BCUT2D eigenvalue weighted by atomic mass is 16.5. The first kappa shape index (κ1) is 36.4. The van der Waals surface area contributed by atoms with E-state index in [1.165, 1.54) is 11.6 Å². The monoisotopic (exact) mass is 632 g/mol. The van der Waals surface area contributed by atoms with Crippen LogP contribution >= 0.6 is 0 Å². The molecule has 0 aliphatic heterocycles. The summed E-state index contributed by atoms with van der Waals surface area (Å²) >= 11 is 0. The van der Waals surface area contributed by atoms with Crippen molar-refractivity contribution in [1.82, 2.24) is 0 Å². The van der Waals surface area contributed by atoms with Gasteiger partial charge in [-0.15, -0.1) is 0 Å². The van der Waals surface area contributed by atoms with Crippen LogP contribution in [-0.2, 0) is 36.8 Å². The molecule has 1 aliphatic carbocycles. The Balaban J connectivity index is 1.29. The van der Waals surface area contributed by atoms with Gasteiger partial charge in [0.2, 0.25) is 0 Å². The number of carbonyl (C=O) groups is 4. The molecule has 2 aromatic carbocycles. The normalized spacial score (nSPS) is 16.5. The van der Waals surface area contributed by atoms with Gasteiger partial charge in [-0.3, -0.25) is 14.4 Å². The van der Waals surface area contributed by atoms with E-state index < -0.39 is 6.10 Å². The lowest BCUT2D eigenvalue weighted by Crippen LogP contribution is -2.30. The molecule has 0 bridgehead atoms. The first-order valence-corrected chi connectivity index (χ1v) is 16.5. The molecule has 0 spiro atoms. The molecule has 8 nitrogen and oxygen atoms in total. The SMILES string of the molecule is C=CC(=O)OCCCCCCc1ccc(OC(=O)[C@H]2CC[C@H](C(=O)Oc3ccc(CCCCCC(O)C(=O)C=C)cc3)CC2)cc1. The lowest BCUT2D eigenvalue weighted by atomic mass is 9.82. The zero-order valence-electron chi connectivity index (χ0n) is 26.8. The lowest BCUT2D eigenvalue weighted by Gasteiger charge is -2.25. The quantitative estimate of drug-likeness (QED) is 0.0714. The molecule has 1 saturated carbocycles. The molecule has 1 atom stereocenters. The van der Waals surface area contributed by atoms with Gasteiger partial charge in [-0.05, 0) is 106 Å². The fraction of sp³-hybridized carbons (Fsp3) is 0.474. The Bertz CT molecular complexity index is 1270. The van der Waals surface area contributed by atoms with E-state index >= 15 is 0 Å². The molecule has 1 fully saturated rings. The first-order chi connectivity index (χ1) is 22.3. The number of carbonyl (C=O) groups excluding carboxylic acids is 4. The van der Waals surface area contributed by atoms with Crippen LogP contribution < -0.4 is 9.47 Å². The third-order valence-electron chi connectivity index (χ3n) is 8.42. The molecule has 3 rings (SSSR count). The van der Waals surface area contributed by atoms with Crippen molar-refractivity contribution in [2.45, 2.75) is 96.0 Å². The van der Waals surface area contributed by atoms with E-state index in [0.29, 0.717) is 50.2 Å². The second kappa shape index (κ2) is 20.2. The summed E-state index contributed by atoms with van der Waals surface area (Å²) in [6.45, 7) is 7.19. The van der Waals surface area contributed by atoms with Gasteiger partial charge in [-0.1, -0.05) is 63.1 Å². The minimum Gasteiger partial charge on any atom is -0.463 e. The van der Waals surface area contributed by atoms with Crippen LogP contribution in [0.2, 0.25) is 0 Å². The van der Waals surface area contributed by atoms with Crippen LogP contribution in [0.4, 0.5) is 0 Å². The molecule has 248 valence electrons. The van der Waals surface area contributed by atoms with Gasteiger partial charge in [0.25, 0.3) is 0 Å². The third kappa shape index (κ3) is 13.1. The number of aryl methyl sites for hydroxylation is 2. The van der Waals surface area contributed by atoms with E-state index in [-0.39, 0.29) is 35.5 Å². The first-order valence-electron chi connectivity index (χ1n) is 16.5. The van der Waals surface area contributed by atoms with Gasteiger partial charge in [-0.25, -0.2) is 4.79 Å². The number of unbranched alkanes of at least 4 members (excludes halogenated alkanes) is 5. The highest BCUT2D eigenvalue weighted by Crippen LogP contribution is 2.31. The maximum Gasteiger partial charge on any atom is 0.330 e. The molecule has 8 heteroatoms. The van der Waals surface area contributed by atoms with E-state index in [2.05, 4.69) is 13.2 Å². The Morgan fingerprint density at radius 1 is 0.674 bits per heavy atom. The minimum absolute atomic E-state index is 0.237. The summed E-state index contributed by atoms with van der Waals surface area (Å²) in [6, 6.07) is 15.1. The smallest absolute Gasteiger partial charge is 0.330 e. The van der Waals surface area contributed by atoms with Crippen molar-refractivity contribution >= 4 is 23.7 Å². The molecular weight excluding hydrogens is 584 g/mol. The van der Waals surface area contributed by atoms with Gasteiger partial charge in [-0.2, -0.15) is 0 Å². The van der Waals surface area contributed by atoms with Crippen LogP contribution in [0.25, 0.3) is 0 Å². The number of aliphatic hydroxyl groups is 1. The lowest BCUT2D eigenvalue weighted by molar-refractivity contribution is -0.145. The average Bonchev–Trinajstić information content (AvgIpc) is 3.08. The average molecular weight is 633 g/mol. The van der Waals surface area contributed by atoms with Crippen molar-refractivity contribution in [2.75, 3.05) is 6.61 Å². The zero-order valence-corrected chi connectivity index (χ0v) is 26.8. The molecule has 2 aromatic rings. The van der Waals surface area contributed by atoms with Crippen LogP contribution in [0, 0.1) is 11.8 Å². The minimum atomic E-state index is -0.957. The van der Waals surface area contributed by atoms with E-state index in [4.69, 9.17) is 14.2 Å². The molecule has 0 aromatic heterocycles. The molecule has 1 unspecified atom stereocenters. The Kier molecular flexibility index (Phi) is 16.0. The fourth-order valence-corrected chi connectivity index (χ4v) is 5.55. The topological polar surface area (TPSA) is 116 Å². The van der Waals surface area contributed by atoms with Gasteiger partial charge >= 0.3 is 17.9 Å². The van der Waals surface area contributed by atoms with Crippen molar-refractivity contribution in [3.63, 3.8) is 0 Å². The second-order valence-corrected chi connectivity index (χ2v) is 11.9. The van der Waals surface area contributed by atoms with Crippen LogP contribution in [0.3, 0.4) is 0 Å². The standard InChI is InChI=1S/C38H48O8/c1-3-34(39)35(40)14-10-7-9-13-29-17-25-33(26-18-29)46-38(43)31-21-19-30(20-22-31)37(42)45-32-23-15-28(16-24-32)12-8-5-6-11-27-44-36(41)4-2/h3-4,15-18,23-26,30-31,35,40H,1-2,5-14,19-22,27H2/t30-,31-,35?. The summed E-state index contributed by atoms with van der Waals surface area (Å²) in [5.74, 6) is -0.674. The number of aliphatic hydroxyl groups excluding tert-OH is 1. The molecule has 1 aliphatic rings. The van der Waals surface area contributed by atoms with E-state index in [1.54, 1.807) is 12.1 Å². The Morgan fingerprint density at radius 3 is 1.59 bits per heavy atom. The number of ketones is 1. The van der Waals surface area contributed by atoms with Gasteiger partial charge in [0.05, 0.1) is 18.4 Å². The summed E-state index contributed by atoms with van der Waals surface area (Å²) in [4.78, 5) is 48.0. The van der Waals surface area contributed by atoms with Crippen LogP contribution in [0.5, 0.6) is 11.5 Å². The van der Waals surface area contributed by atoms with Crippen molar-refractivity contribution < 1.29 is 38.5 Å². The fourth-order valence-electron chi connectivity index (χ4n) is 5.55. The number of rotatable bonds is 20. The number of benzene rings is 2. The van der Waals surface area contributed by atoms with E-state index in [0.717, 1.165) is 69.4 Å². The van der Waals surface area contributed by atoms with E-state index in [9.17, 15) is 24.3 Å². The highest BCUT2D eigenvalue weighted by Gasteiger charge is 2.32. The molecule has 0 heterocycles. The summed E-state index contributed by atoms with van der Waals surface area (Å²) in [7, 11) is 0.